The van der Waals surface area contributed by atoms with Crippen molar-refractivity contribution >= 4 is 0 Å². The molecule has 76 valence electrons. The Kier molecular flexibility index (Phi) is 9.18. The number of hydrogen-bond acceptors (Lipinski definition) is 0. The third-order valence-corrected chi connectivity index (χ3v) is 2.24. The van der Waals surface area contributed by atoms with Gasteiger partial charge in [-0.05, 0) is 31.6 Å². The zero-order chi connectivity index (χ0) is 9.94. The van der Waals surface area contributed by atoms with E-state index in [-0.39, 0.29) is 0 Å². The van der Waals surface area contributed by atoms with Crippen LogP contribution in [0.25, 0.3) is 0 Å². The van der Waals surface area contributed by atoms with Gasteiger partial charge in [0.25, 0.3) is 0 Å². The largest absolute Gasteiger partial charge is 0.103 e. The Balaban J connectivity index is 3.28. The lowest BCUT2D eigenvalue weighted by Crippen LogP contribution is -1.89. The molecule has 1 unspecified atom stereocenters. The number of rotatable bonds is 8. The minimum absolute atomic E-state index is 0.761. The first kappa shape index (κ1) is 12.5. The topological polar surface area (TPSA) is 0 Å². The standard InChI is InChI=1S/C13H24/c1-4-6-8-10-12-13(3)11-9-7-5-2/h4,9,11,13H,1,5-8,10,12H2,2-3H3. The fourth-order valence-corrected chi connectivity index (χ4v) is 1.35. The SMILES string of the molecule is C=CCCCCC(C)C=CCCC. The van der Waals surface area contributed by atoms with Crippen molar-refractivity contribution < 1.29 is 0 Å². The van der Waals surface area contributed by atoms with Gasteiger partial charge in [-0.25, -0.2) is 0 Å². The van der Waals surface area contributed by atoms with Crippen molar-refractivity contribution in [2.45, 2.75) is 52.4 Å². The lowest BCUT2D eigenvalue weighted by atomic mass is 10.0. The second kappa shape index (κ2) is 9.57. The minimum atomic E-state index is 0.761. The molecule has 0 aromatic carbocycles. The van der Waals surface area contributed by atoms with Crippen molar-refractivity contribution in [3.05, 3.63) is 24.8 Å². The second-order valence-electron chi connectivity index (χ2n) is 3.77. The van der Waals surface area contributed by atoms with Crippen LogP contribution in [-0.4, -0.2) is 0 Å². The molecule has 1 atom stereocenters. The van der Waals surface area contributed by atoms with Crippen LogP contribution in [0, 0.1) is 5.92 Å². The van der Waals surface area contributed by atoms with E-state index in [0.717, 1.165) is 5.92 Å². The van der Waals surface area contributed by atoms with Gasteiger partial charge in [0.2, 0.25) is 0 Å². The van der Waals surface area contributed by atoms with Crippen LogP contribution in [0.15, 0.2) is 24.8 Å². The average Bonchev–Trinajstić information content (AvgIpc) is 2.13. The summed E-state index contributed by atoms with van der Waals surface area (Å²) in [4.78, 5) is 0. The molecule has 0 spiro atoms. The van der Waals surface area contributed by atoms with E-state index in [1.807, 2.05) is 6.08 Å². The van der Waals surface area contributed by atoms with E-state index in [9.17, 15) is 0 Å². The second-order valence-corrected chi connectivity index (χ2v) is 3.77. The summed E-state index contributed by atoms with van der Waals surface area (Å²) in [5.41, 5.74) is 0. The molecule has 0 aliphatic rings. The predicted octanol–water partition coefficient (Wildman–Crippen LogP) is 4.73. The molecule has 0 fully saturated rings. The Hall–Kier alpha value is -0.520. The van der Waals surface area contributed by atoms with E-state index in [1.54, 1.807) is 0 Å². The van der Waals surface area contributed by atoms with Crippen LogP contribution in [-0.2, 0) is 0 Å². The number of unbranched alkanes of at least 4 members (excludes halogenated alkanes) is 3. The van der Waals surface area contributed by atoms with Crippen LogP contribution >= 0.6 is 0 Å². The third kappa shape index (κ3) is 9.39. The molecular formula is C13H24. The predicted molar refractivity (Wildman–Crippen MR) is 61.9 cm³/mol. The van der Waals surface area contributed by atoms with Gasteiger partial charge >= 0.3 is 0 Å². The summed E-state index contributed by atoms with van der Waals surface area (Å²) in [6.07, 6.45) is 14.3. The molecule has 0 amide bonds. The van der Waals surface area contributed by atoms with Crippen LogP contribution in [0.5, 0.6) is 0 Å². The molecular weight excluding hydrogens is 156 g/mol. The zero-order valence-corrected chi connectivity index (χ0v) is 9.26. The van der Waals surface area contributed by atoms with Gasteiger partial charge in [0.1, 0.15) is 0 Å². The monoisotopic (exact) mass is 180 g/mol. The summed E-state index contributed by atoms with van der Waals surface area (Å²) in [6, 6.07) is 0. The Morgan fingerprint density at radius 2 is 2.00 bits per heavy atom. The van der Waals surface area contributed by atoms with Gasteiger partial charge < -0.3 is 0 Å². The van der Waals surface area contributed by atoms with Crippen molar-refractivity contribution in [1.29, 1.82) is 0 Å². The lowest BCUT2D eigenvalue weighted by molar-refractivity contribution is 0.583. The highest BCUT2D eigenvalue weighted by atomic mass is 14.0. The van der Waals surface area contributed by atoms with E-state index >= 15 is 0 Å². The first-order chi connectivity index (χ1) is 6.31. The number of hydrogen-bond donors (Lipinski definition) is 0. The molecule has 0 heteroatoms. The Bertz CT molecular complexity index is 133. The molecule has 0 nitrogen and oxygen atoms in total. The van der Waals surface area contributed by atoms with Gasteiger partial charge in [0.15, 0.2) is 0 Å². The van der Waals surface area contributed by atoms with Gasteiger partial charge in [0, 0.05) is 0 Å². The smallest absolute Gasteiger partial charge is 0.0262 e. The van der Waals surface area contributed by atoms with Crippen molar-refractivity contribution in [2.24, 2.45) is 5.92 Å². The Morgan fingerprint density at radius 3 is 2.62 bits per heavy atom. The van der Waals surface area contributed by atoms with Crippen LogP contribution in [0.2, 0.25) is 0 Å². The minimum Gasteiger partial charge on any atom is -0.103 e. The van der Waals surface area contributed by atoms with E-state index in [2.05, 4.69) is 32.6 Å². The highest BCUT2D eigenvalue weighted by Crippen LogP contribution is 2.11. The third-order valence-electron chi connectivity index (χ3n) is 2.24. The molecule has 0 aromatic heterocycles. The first-order valence-corrected chi connectivity index (χ1v) is 5.58. The average molecular weight is 180 g/mol. The molecule has 0 aromatic rings. The molecule has 0 aliphatic heterocycles. The molecule has 0 heterocycles. The van der Waals surface area contributed by atoms with E-state index < -0.39 is 0 Å². The maximum atomic E-state index is 3.72. The maximum absolute atomic E-state index is 3.72. The molecule has 0 saturated carbocycles. The fourth-order valence-electron chi connectivity index (χ4n) is 1.35. The van der Waals surface area contributed by atoms with Crippen molar-refractivity contribution in [2.75, 3.05) is 0 Å². The lowest BCUT2D eigenvalue weighted by Gasteiger charge is -2.04. The molecule has 0 radical (unpaired) electrons. The van der Waals surface area contributed by atoms with Crippen molar-refractivity contribution in [1.82, 2.24) is 0 Å². The first-order valence-electron chi connectivity index (χ1n) is 5.58. The highest BCUT2D eigenvalue weighted by molar-refractivity contribution is 4.85. The van der Waals surface area contributed by atoms with Crippen molar-refractivity contribution in [3.8, 4) is 0 Å². The van der Waals surface area contributed by atoms with Gasteiger partial charge in [0.05, 0.1) is 0 Å². The van der Waals surface area contributed by atoms with Crippen LogP contribution in [0.3, 0.4) is 0 Å². The summed E-state index contributed by atoms with van der Waals surface area (Å²) in [5.74, 6) is 0.761. The molecule has 0 saturated heterocycles. The normalized spacial score (nSPS) is 13.4. The van der Waals surface area contributed by atoms with Gasteiger partial charge in [-0.15, -0.1) is 6.58 Å². The van der Waals surface area contributed by atoms with Gasteiger partial charge in [-0.3, -0.25) is 0 Å². The molecule has 13 heavy (non-hydrogen) atoms. The summed E-state index contributed by atoms with van der Waals surface area (Å²) < 4.78 is 0. The molecule has 0 N–H and O–H groups in total. The fraction of sp³-hybridized carbons (Fsp3) is 0.692. The van der Waals surface area contributed by atoms with Gasteiger partial charge in [-0.1, -0.05) is 44.9 Å². The Labute approximate surface area is 83.7 Å². The molecule has 0 bridgehead atoms. The van der Waals surface area contributed by atoms with Crippen LogP contribution in [0.4, 0.5) is 0 Å². The summed E-state index contributed by atoms with van der Waals surface area (Å²) in [5, 5.41) is 0. The van der Waals surface area contributed by atoms with E-state index in [1.165, 1.54) is 38.5 Å². The van der Waals surface area contributed by atoms with E-state index in [4.69, 9.17) is 0 Å². The quantitative estimate of drug-likeness (QED) is 0.374. The Morgan fingerprint density at radius 1 is 1.23 bits per heavy atom. The van der Waals surface area contributed by atoms with Crippen LogP contribution in [0.1, 0.15) is 52.4 Å². The maximum Gasteiger partial charge on any atom is -0.0262 e. The van der Waals surface area contributed by atoms with Crippen molar-refractivity contribution in [3.63, 3.8) is 0 Å². The zero-order valence-electron chi connectivity index (χ0n) is 9.26. The highest BCUT2D eigenvalue weighted by Gasteiger charge is 1.95. The summed E-state index contributed by atoms with van der Waals surface area (Å²) in [6.45, 7) is 8.25. The van der Waals surface area contributed by atoms with E-state index in [0.29, 0.717) is 0 Å². The number of allylic oxidation sites excluding steroid dienone is 3. The summed E-state index contributed by atoms with van der Waals surface area (Å²) in [7, 11) is 0. The molecule has 0 rings (SSSR count). The van der Waals surface area contributed by atoms with Gasteiger partial charge in [-0.2, -0.15) is 0 Å². The molecule has 0 aliphatic carbocycles. The van der Waals surface area contributed by atoms with Crippen LogP contribution < -0.4 is 0 Å². The summed E-state index contributed by atoms with van der Waals surface area (Å²) >= 11 is 0.